The van der Waals surface area contributed by atoms with Crippen LogP contribution in [0.25, 0.3) is 10.8 Å². The second kappa shape index (κ2) is 3.20. The number of nitro groups is 1. The number of aromatic nitrogens is 1. The molecule has 0 aliphatic rings. The van der Waals surface area contributed by atoms with Gasteiger partial charge in [0.25, 0.3) is 5.69 Å². The Morgan fingerprint density at radius 1 is 1.40 bits per heavy atom. The summed E-state index contributed by atoms with van der Waals surface area (Å²) in [5.74, 6) is 0. The Hall–Kier alpha value is -2.17. The molecule has 1 aromatic carbocycles. The monoisotopic (exact) mass is 205 g/mol. The predicted octanol–water partition coefficient (Wildman–Crippen LogP) is 1.58. The number of pyridine rings is 1. The Labute approximate surface area is 85.3 Å². The van der Waals surface area contributed by atoms with Gasteiger partial charge in [-0.25, -0.2) is 0 Å². The standard InChI is InChI=1S/C10H9N2O3/c1-7-2-3-8-6-11(13)5-4-9(8)10(7)12(14)15/h2-6,13H,1H3/q+1. The van der Waals surface area contributed by atoms with Gasteiger partial charge in [-0.3, -0.25) is 15.3 Å². The summed E-state index contributed by atoms with van der Waals surface area (Å²) >= 11 is 0. The number of rotatable bonds is 1. The van der Waals surface area contributed by atoms with Crippen molar-refractivity contribution in [3.63, 3.8) is 0 Å². The van der Waals surface area contributed by atoms with Crippen LogP contribution in [0.2, 0.25) is 0 Å². The Morgan fingerprint density at radius 3 is 2.80 bits per heavy atom. The fraction of sp³-hybridized carbons (Fsp3) is 0.100. The molecule has 0 aliphatic heterocycles. The zero-order valence-corrected chi connectivity index (χ0v) is 8.04. The second-order valence-electron chi connectivity index (χ2n) is 3.32. The second-order valence-corrected chi connectivity index (χ2v) is 3.32. The highest BCUT2D eigenvalue weighted by molar-refractivity contribution is 5.90. The Bertz CT molecular complexity index is 552. The summed E-state index contributed by atoms with van der Waals surface area (Å²) in [4.78, 5) is 10.5. The van der Waals surface area contributed by atoms with Crippen molar-refractivity contribution in [2.24, 2.45) is 0 Å². The van der Waals surface area contributed by atoms with Gasteiger partial charge in [-0.15, -0.1) is 0 Å². The largest absolute Gasteiger partial charge is 0.285 e. The van der Waals surface area contributed by atoms with Crippen LogP contribution in [0.4, 0.5) is 5.69 Å². The maximum atomic E-state index is 10.9. The summed E-state index contributed by atoms with van der Waals surface area (Å²) < 4.78 is 0.876. The van der Waals surface area contributed by atoms with Crippen molar-refractivity contribution < 1.29 is 14.9 Å². The van der Waals surface area contributed by atoms with Crippen LogP contribution >= 0.6 is 0 Å². The summed E-state index contributed by atoms with van der Waals surface area (Å²) in [5, 5.41) is 21.2. The summed E-state index contributed by atoms with van der Waals surface area (Å²) in [6, 6.07) is 4.94. The van der Waals surface area contributed by atoms with Gasteiger partial charge in [0, 0.05) is 16.4 Å². The molecule has 5 nitrogen and oxygen atoms in total. The molecule has 0 saturated carbocycles. The van der Waals surface area contributed by atoms with Crippen molar-refractivity contribution in [2.45, 2.75) is 6.92 Å². The van der Waals surface area contributed by atoms with E-state index in [2.05, 4.69) is 0 Å². The van der Waals surface area contributed by atoms with E-state index in [4.69, 9.17) is 0 Å². The van der Waals surface area contributed by atoms with Crippen molar-refractivity contribution in [1.29, 1.82) is 0 Å². The van der Waals surface area contributed by atoms with E-state index in [1.807, 2.05) is 0 Å². The van der Waals surface area contributed by atoms with Crippen molar-refractivity contribution >= 4 is 16.5 Å². The van der Waals surface area contributed by atoms with Gasteiger partial charge >= 0.3 is 0 Å². The SMILES string of the molecule is Cc1ccc2c[n+](O)ccc2c1[N+](=O)[O-]. The number of nitro benzene ring substituents is 1. The topological polar surface area (TPSA) is 67.2 Å². The van der Waals surface area contributed by atoms with E-state index in [1.165, 1.54) is 18.5 Å². The number of nitrogens with zero attached hydrogens (tertiary/aromatic N) is 2. The van der Waals surface area contributed by atoms with E-state index in [-0.39, 0.29) is 5.69 Å². The van der Waals surface area contributed by atoms with Crippen LogP contribution in [0.5, 0.6) is 0 Å². The van der Waals surface area contributed by atoms with E-state index < -0.39 is 4.92 Å². The third-order valence-corrected chi connectivity index (χ3v) is 2.30. The van der Waals surface area contributed by atoms with Crippen LogP contribution in [-0.4, -0.2) is 10.1 Å². The Morgan fingerprint density at radius 2 is 2.13 bits per heavy atom. The van der Waals surface area contributed by atoms with Crippen molar-refractivity contribution in [3.8, 4) is 0 Å². The fourth-order valence-electron chi connectivity index (χ4n) is 1.60. The molecule has 1 aromatic heterocycles. The van der Waals surface area contributed by atoms with Crippen LogP contribution < -0.4 is 4.73 Å². The minimum atomic E-state index is -0.403. The zero-order valence-electron chi connectivity index (χ0n) is 8.04. The molecule has 5 heteroatoms. The smallest absolute Gasteiger partial charge is 0.280 e. The highest BCUT2D eigenvalue weighted by Gasteiger charge is 2.17. The quantitative estimate of drug-likeness (QED) is 0.332. The number of hydrogen-bond acceptors (Lipinski definition) is 3. The van der Waals surface area contributed by atoms with E-state index in [0.29, 0.717) is 16.3 Å². The fourth-order valence-corrected chi connectivity index (χ4v) is 1.60. The molecule has 0 bridgehead atoms. The van der Waals surface area contributed by atoms with Crippen LogP contribution in [0.1, 0.15) is 5.56 Å². The molecule has 15 heavy (non-hydrogen) atoms. The number of hydrogen-bond donors (Lipinski definition) is 1. The minimum Gasteiger partial charge on any atom is -0.285 e. The molecular formula is C10H9N2O3+. The lowest BCUT2D eigenvalue weighted by atomic mass is 10.1. The molecule has 2 aromatic rings. The molecule has 1 heterocycles. The molecule has 0 aliphatic carbocycles. The van der Waals surface area contributed by atoms with Crippen LogP contribution in [0.15, 0.2) is 30.6 Å². The summed E-state index contributed by atoms with van der Waals surface area (Å²) in [7, 11) is 0. The zero-order chi connectivity index (χ0) is 11.0. The van der Waals surface area contributed by atoms with E-state index in [0.717, 1.165) is 4.73 Å². The Balaban J connectivity index is 2.88. The molecule has 76 valence electrons. The van der Waals surface area contributed by atoms with Crippen LogP contribution in [0.3, 0.4) is 0 Å². The Kier molecular flexibility index (Phi) is 2.00. The third-order valence-electron chi connectivity index (χ3n) is 2.30. The van der Waals surface area contributed by atoms with Gasteiger partial charge in [-0.05, 0) is 13.0 Å². The molecule has 0 unspecified atom stereocenters. The molecule has 0 atom stereocenters. The minimum absolute atomic E-state index is 0.0908. The first-order chi connectivity index (χ1) is 7.09. The molecule has 0 spiro atoms. The average molecular weight is 205 g/mol. The molecule has 2 rings (SSSR count). The first kappa shape index (κ1) is 9.39. The molecule has 0 amide bonds. The number of aryl methyl sites for hydroxylation is 1. The van der Waals surface area contributed by atoms with Gasteiger partial charge in [0.15, 0.2) is 0 Å². The van der Waals surface area contributed by atoms with E-state index in [1.54, 1.807) is 19.1 Å². The maximum Gasteiger partial charge on any atom is 0.280 e. The van der Waals surface area contributed by atoms with Crippen molar-refractivity contribution in [3.05, 3.63) is 46.3 Å². The average Bonchev–Trinajstić information content (AvgIpc) is 2.17. The van der Waals surface area contributed by atoms with E-state index >= 15 is 0 Å². The maximum absolute atomic E-state index is 10.9. The van der Waals surface area contributed by atoms with Crippen LogP contribution in [-0.2, 0) is 0 Å². The lowest BCUT2D eigenvalue weighted by Gasteiger charge is -1.99. The summed E-state index contributed by atoms with van der Waals surface area (Å²) in [5.41, 5.74) is 0.705. The first-order valence-corrected chi connectivity index (χ1v) is 4.38. The molecule has 1 N–H and O–H groups in total. The molecule has 0 radical (unpaired) electrons. The molecule has 0 saturated heterocycles. The highest BCUT2D eigenvalue weighted by atomic mass is 16.6. The normalized spacial score (nSPS) is 10.5. The summed E-state index contributed by atoms with van der Waals surface area (Å²) in [6.07, 6.45) is 2.80. The predicted molar refractivity (Wildman–Crippen MR) is 52.7 cm³/mol. The number of fused-ring (bicyclic) bond motifs is 1. The molecular weight excluding hydrogens is 196 g/mol. The van der Waals surface area contributed by atoms with Gasteiger partial charge in [0.05, 0.1) is 15.7 Å². The summed E-state index contributed by atoms with van der Waals surface area (Å²) in [6.45, 7) is 1.69. The van der Waals surface area contributed by atoms with Gasteiger partial charge in [-0.2, -0.15) is 0 Å². The number of benzene rings is 1. The third kappa shape index (κ3) is 1.48. The van der Waals surface area contributed by atoms with Crippen molar-refractivity contribution in [2.75, 3.05) is 0 Å². The lowest BCUT2D eigenvalue weighted by Crippen LogP contribution is -2.27. The first-order valence-electron chi connectivity index (χ1n) is 4.38. The molecule has 0 fully saturated rings. The van der Waals surface area contributed by atoms with Gasteiger partial charge in [-0.1, -0.05) is 6.07 Å². The van der Waals surface area contributed by atoms with E-state index in [9.17, 15) is 15.3 Å². The van der Waals surface area contributed by atoms with Crippen molar-refractivity contribution in [1.82, 2.24) is 0 Å². The van der Waals surface area contributed by atoms with Gasteiger partial charge in [0.2, 0.25) is 12.4 Å². The highest BCUT2D eigenvalue weighted by Crippen LogP contribution is 2.27. The van der Waals surface area contributed by atoms with Crippen LogP contribution in [0, 0.1) is 17.0 Å². The van der Waals surface area contributed by atoms with Gasteiger partial charge < -0.3 is 0 Å². The lowest BCUT2D eigenvalue weighted by molar-refractivity contribution is -0.903. The van der Waals surface area contributed by atoms with Gasteiger partial charge in [0.1, 0.15) is 0 Å².